The number of hydrogen-bond donors (Lipinski definition) is 1. The standard InChI is InChI=1S/C23H21NO2/c25-22(16-6-2-1-3-7-16)20-14-18-8-4-5-9-21(18)19(15-20)12-13-24-23(26)17-10-11-17/h1-9,14-15,17H,10-13H2,(H,24,26). The van der Waals surface area contributed by atoms with Crippen LogP contribution in [0.25, 0.3) is 10.8 Å². The van der Waals surface area contributed by atoms with Crippen LogP contribution in [-0.4, -0.2) is 18.2 Å². The molecule has 26 heavy (non-hydrogen) atoms. The number of benzene rings is 3. The first kappa shape index (κ1) is 16.5. The van der Waals surface area contributed by atoms with Gasteiger partial charge in [0.05, 0.1) is 0 Å². The fourth-order valence-corrected chi connectivity index (χ4v) is 3.29. The van der Waals surface area contributed by atoms with Crippen molar-refractivity contribution in [3.8, 4) is 0 Å². The van der Waals surface area contributed by atoms with E-state index in [1.807, 2.05) is 60.7 Å². The van der Waals surface area contributed by atoms with Crippen molar-refractivity contribution in [2.24, 2.45) is 5.92 Å². The van der Waals surface area contributed by atoms with Crippen LogP contribution < -0.4 is 5.32 Å². The highest BCUT2D eigenvalue weighted by atomic mass is 16.2. The van der Waals surface area contributed by atoms with Gasteiger partial charge in [-0.2, -0.15) is 0 Å². The van der Waals surface area contributed by atoms with Gasteiger partial charge in [0.25, 0.3) is 0 Å². The SMILES string of the molecule is O=C(c1ccccc1)c1cc(CCNC(=O)C2CC2)c2ccccc2c1. The number of ketones is 1. The van der Waals surface area contributed by atoms with E-state index in [1.165, 1.54) is 0 Å². The van der Waals surface area contributed by atoms with Gasteiger partial charge in [-0.15, -0.1) is 0 Å². The second kappa shape index (κ2) is 7.12. The largest absolute Gasteiger partial charge is 0.356 e. The van der Waals surface area contributed by atoms with Crippen LogP contribution in [-0.2, 0) is 11.2 Å². The molecule has 0 spiro atoms. The summed E-state index contributed by atoms with van der Waals surface area (Å²) in [4.78, 5) is 24.7. The van der Waals surface area contributed by atoms with Crippen molar-refractivity contribution in [3.05, 3.63) is 83.4 Å². The third kappa shape index (κ3) is 3.52. The van der Waals surface area contributed by atoms with Crippen molar-refractivity contribution >= 4 is 22.5 Å². The van der Waals surface area contributed by atoms with Gasteiger partial charge in [-0.1, -0.05) is 54.6 Å². The van der Waals surface area contributed by atoms with Crippen LogP contribution in [0.4, 0.5) is 0 Å². The fourth-order valence-electron chi connectivity index (χ4n) is 3.29. The van der Waals surface area contributed by atoms with Gasteiger partial charge in [-0.25, -0.2) is 0 Å². The minimum absolute atomic E-state index is 0.0274. The van der Waals surface area contributed by atoms with Crippen LogP contribution >= 0.6 is 0 Å². The summed E-state index contributed by atoms with van der Waals surface area (Å²) in [6, 6.07) is 21.4. The molecule has 3 nitrogen and oxygen atoms in total. The van der Waals surface area contributed by atoms with Crippen LogP contribution in [0, 0.1) is 5.92 Å². The highest BCUT2D eigenvalue weighted by Gasteiger charge is 2.29. The van der Waals surface area contributed by atoms with E-state index in [9.17, 15) is 9.59 Å². The van der Waals surface area contributed by atoms with Gasteiger partial charge in [0.2, 0.25) is 5.91 Å². The molecule has 4 rings (SSSR count). The Morgan fingerprint density at radius 1 is 0.885 bits per heavy atom. The Balaban J connectivity index is 1.62. The third-order valence-corrected chi connectivity index (χ3v) is 4.89. The summed E-state index contributed by atoms with van der Waals surface area (Å²) in [7, 11) is 0. The molecular formula is C23H21NO2. The van der Waals surface area contributed by atoms with Gasteiger partial charge >= 0.3 is 0 Å². The van der Waals surface area contributed by atoms with E-state index in [4.69, 9.17) is 0 Å². The number of fused-ring (bicyclic) bond motifs is 1. The number of rotatable bonds is 6. The Morgan fingerprint density at radius 2 is 1.62 bits per heavy atom. The van der Waals surface area contributed by atoms with Crippen LogP contribution in [0.2, 0.25) is 0 Å². The first-order chi connectivity index (χ1) is 12.7. The number of hydrogen-bond acceptors (Lipinski definition) is 2. The quantitative estimate of drug-likeness (QED) is 0.684. The summed E-state index contributed by atoms with van der Waals surface area (Å²) in [6.07, 6.45) is 2.74. The summed E-state index contributed by atoms with van der Waals surface area (Å²) < 4.78 is 0. The molecular weight excluding hydrogens is 322 g/mol. The second-order valence-electron chi connectivity index (χ2n) is 6.87. The Kier molecular flexibility index (Phi) is 4.53. The van der Waals surface area contributed by atoms with Crippen molar-refractivity contribution in [2.75, 3.05) is 6.54 Å². The maximum Gasteiger partial charge on any atom is 0.223 e. The van der Waals surface area contributed by atoms with Gasteiger partial charge in [-0.3, -0.25) is 9.59 Å². The Bertz CT molecular complexity index is 958. The zero-order valence-electron chi connectivity index (χ0n) is 14.6. The number of nitrogens with one attached hydrogen (secondary N) is 1. The molecule has 1 aliphatic carbocycles. The Hall–Kier alpha value is -2.94. The van der Waals surface area contributed by atoms with Crippen molar-refractivity contribution in [1.82, 2.24) is 5.32 Å². The lowest BCUT2D eigenvalue weighted by Crippen LogP contribution is -2.27. The van der Waals surface area contributed by atoms with Gasteiger partial charge in [0, 0.05) is 23.6 Å². The zero-order valence-corrected chi connectivity index (χ0v) is 14.6. The highest BCUT2D eigenvalue weighted by molar-refractivity contribution is 6.11. The van der Waals surface area contributed by atoms with E-state index in [1.54, 1.807) is 0 Å². The molecule has 3 aromatic carbocycles. The molecule has 0 heterocycles. The first-order valence-corrected chi connectivity index (χ1v) is 9.11. The monoisotopic (exact) mass is 343 g/mol. The first-order valence-electron chi connectivity index (χ1n) is 9.11. The predicted octanol–water partition coefficient (Wildman–Crippen LogP) is 4.14. The molecule has 3 aromatic rings. The third-order valence-electron chi connectivity index (χ3n) is 4.89. The fraction of sp³-hybridized carbons (Fsp3) is 0.217. The number of carbonyl (C=O) groups is 2. The smallest absolute Gasteiger partial charge is 0.223 e. The second-order valence-corrected chi connectivity index (χ2v) is 6.87. The Morgan fingerprint density at radius 3 is 2.38 bits per heavy atom. The van der Waals surface area contributed by atoms with Crippen molar-refractivity contribution in [2.45, 2.75) is 19.3 Å². The normalized spacial score (nSPS) is 13.5. The Labute approximate surface area is 153 Å². The van der Waals surface area contributed by atoms with Crippen LogP contribution in [0.3, 0.4) is 0 Å². The molecule has 3 heteroatoms. The summed E-state index contributed by atoms with van der Waals surface area (Å²) in [5.74, 6) is 0.406. The molecule has 1 aliphatic rings. The number of carbonyl (C=O) groups excluding carboxylic acids is 2. The molecule has 1 amide bonds. The van der Waals surface area contributed by atoms with Gasteiger partial charge in [0.1, 0.15) is 0 Å². The molecule has 130 valence electrons. The summed E-state index contributed by atoms with van der Waals surface area (Å²) in [5.41, 5.74) is 2.48. The van der Waals surface area contributed by atoms with Crippen LogP contribution in [0.1, 0.15) is 34.3 Å². The minimum atomic E-state index is 0.0274. The van der Waals surface area contributed by atoms with Crippen molar-refractivity contribution in [1.29, 1.82) is 0 Å². The van der Waals surface area contributed by atoms with E-state index < -0.39 is 0 Å². The lowest BCUT2D eigenvalue weighted by molar-refractivity contribution is -0.122. The van der Waals surface area contributed by atoms with Crippen LogP contribution in [0.15, 0.2) is 66.7 Å². The van der Waals surface area contributed by atoms with Crippen LogP contribution in [0.5, 0.6) is 0 Å². The molecule has 0 saturated heterocycles. The molecule has 1 N–H and O–H groups in total. The average Bonchev–Trinajstić information content (AvgIpc) is 3.53. The zero-order chi connectivity index (χ0) is 17.9. The molecule has 1 fully saturated rings. The van der Waals surface area contributed by atoms with Crippen molar-refractivity contribution < 1.29 is 9.59 Å². The maximum atomic E-state index is 12.9. The molecule has 0 atom stereocenters. The molecule has 0 aliphatic heterocycles. The van der Waals surface area contributed by atoms with E-state index in [0.29, 0.717) is 17.7 Å². The van der Waals surface area contributed by atoms with E-state index in [-0.39, 0.29) is 17.6 Å². The molecule has 1 saturated carbocycles. The van der Waals surface area contributed by atoms with Gasteiger partial charge < -0.3 is 5.32 Å². The topological polar surface area (TPSA) is 46.2 Å². The number of amides is 1. The van der Waals surface area contributed by atoms with E-state index >= 15 is 0 Å². The lowest BCUT2D eigenvalue weighted by atomic mass is 9.95. The minimum Gasteiger partial charge on any atom is -0.356 e. The molecule has 0 unspecified atom stereocenters. The van der Waals surface area contributed by atoms with Gasteiger partial charge in [-0.05, 0) is 47.7 Å². The van der Waals surface area contributed by atoms with Gasteiger partial charge in [0.15, 0.2) is 5.78 Å². The van der Waals surface area contributed by atoms with Crippen molar-refractivity contribution in [3.63, 3.8) is 0 Å². The predicted molar refractivity (Wildman–Crippen MR) is 103 cm³/mol. The maximum absolute atomic E-state index is 12.9. The molecule has 0 bridgehead atoms. The molecule has 0 aromatic heterocycles. The average molecular weight is 343 g/mol. The van der Waals surface area contributed by atoms with E-state index in [0.717, 1.165) is 35.6 Å². The summed E-state index contributed by atoms with van der Waals surface area (Å²) in [5, 5.41) is 5.20. The lowest BCUT2D eigenvalue weighted by Gasteiger charge is -2.11. The summed E-state index contributed by atoms with van der Waals surface area (Å²) in [6.45, 7) is 0.600. The summed E-state index contributed by atoms with van der Waals surface area (Å²) >= 11 is 0. The highest BCUT2D eigenvalue weighted by Crippen LogP contribution is 2.29. The van der Waals surface area contributed by atoms with E-state index in [2.05, 4.69) is 11.4 Å². The molecule has 0 radical (unpaired) electrons.